The number of benzene rings is 6. The Morgan fingerprint density at radius 2 is 0.288 bits per heavy atom. The summed E-state index contributed by atoms with van der Waals surface area (Å²) in [6, 6.07) is 24.0. The highest BCUT2D eigenvalue weighted by atomic mass is 16.5. The molecule has 0 saturated heterocycles. The second kappa shape index (κ2) is 20.8. The predicted molar refractivity (Wildman–Crippen MR) is 254 cm³/mol. The van der Waals surface area contributed by atoms with Crippen molar-refractivity contribution in [3.05, 3.63) is 140 Å². The zero-order chi connectivity index (χ0) is 47.1. The SMILES string of the molecule is COc1cc2c(OC)c(c1)Cc1cc(OC)cc(c1OC)Cc1cc(OC)cc(c1OC)Cc1cc(OC)cc(c1OC)Cc1cc(OC)cc(c1OC)Cc1cc(OC)cc(c1OC)C2. The second-order valence-electron chi connectivity index (χ2n) is 15.9. The lowest BCUT2D eigenvalue weighted by atomic mass is 9.90. The molecule has 0 aromatic heterocycles. The van der Waals surface area contributed by atoms with Gasteiger partial charge in [0.1, 0.15) is 69.0 Å². The highest BCUT2D eigenvalue weighted by molar-refractivity contribution is 5.62. The van der Waals surface area contributed by atoms with Crippen molar-refractivity contribution in [3.63, 3.8) is 0 Å². The fourth-order valence-electron chi connectivity index (χ4n) is 9.42. The van der Waals surface area contributed by atoms with Gasteiger partial charge in [0.2, 0.25) is 0 Å². The highest BCUT2D eigenvalue weighted by Gasteiger charge is 2.25. The second-order valence-corrected chi connectivity index (χ2v) is 15.9. The molecule has 0 N–H and O–H groups in total. The topological polar surface area (TPSA) is 111 Å². The molecule has 12 heteroatoms. The minimum absolute atomic E-state index is 0.428. The van der Waals surface area contributed by atoms with Gasteiger partial charge in [-0.25, -0.2) is 0 Å². The number of hydrogen-bond donors (Lipinski definition) is 0. The standard InChI is InChI=1S/C54H60O12/c1-55-43-19-31-13-33-21-44(56-2)23-35(50(33)62-8)15-37-25-46(58-4)27-39(52(37)64-10)17-41-29-48(60-6)30-42(54(41)66-12)18-40-28-47(59-5)26-38(53(40)65-11)16-36-24-45(57-3)22-34(51(36)63-9)14-32(20-43)49(31)61-7/h19-30H,13-18H2,1-12H3. The predicted octanol–water partition coefficient (Wildman–Crippen LogP) is 9.65. The molecule has 0 unspecified atom stereocenters. The molecule has 7 rings (SSSR count). The molecule has 0 radical (unpaired) electrons. The van der Waals surface area contributed by atoms with Gasteiger partial charge in [-0.15, -0.1) is 0 Å². The largest absolute Gasteiger partial charge is 0.497 e. The number of fused-ring (bicyclic) bond motifs is 12. The van der Waals surface area contributed by atoms with Crippen LogP contribution in [0.25, 0.3) is 0 Å². The molecular weight excluding hydrogens is 841 g/mol. The van der Waals surface area contributed by atoms with Crippen LogP contribution < -0.4 is 56.8 Å². The quantitative estimate of drug-likeness (QED) is 0.117. The van der Waals surface area contributed by atoms with Gasteiger partial charge in [0.15, 0.2) is 0 Å². The molecule has 0 amide bonds. The summed E-state index contributed by atoms with van der Waals surface area (Å²) in [7, 11) is 20.1. The van der Waals surface area contributed by atoms with Crippen molar-refractivity contribution in [3.8, 4) is 69.0 Å². The zero-order valence-electron chi connectivity index (χ0n) is 40.1. The highest BCUT2D eigenvalue weighted by Crippen LogP contribution is 2.44. The maximum absolute atomic E-state index is 6.28. The van der Waals surface area contributed by atoms with Crippen LogP contribution in [0, 0.1) is 0 Å². The van der Waals surface area contributed by atoms with E-state index in [2.05, 4.69) is 0 Å². The summed E-state index contributed by atoms with van der Waals surface area (Å²) in [5.74, 6) is 8.27. The van der Waals surface area contributed by atoms with Crippen molar-refractivity contribution in [2.24, 2.45) is 0 Å². The van der Waals surface area contributed by atoms with Crippen LogP contribution in [0.3, 0.4) is 0 Å². The summed E-state index contributed by atoms with van der Waals surface area (Å²) >= 11 is 0. The van der Waals surface area contributed by atoms with Crippen LogP contribution in [0.1, 0.15) is 66.8 Å². The van der Waals surface area contributed by atoms with E-state index in [-0.39, 0.29) is 0 Å². The van der Waals surface area contributed by atoms with E-state index in [0.29, 0.717) is 108 Å². The first-order chi connectivity index (χ1) is 32.1. The van der Waals surface area contributed by atoms with Gasteiger partial charge in [-0.2, -0.15) is 0 Å². The van der Waals surface area contributed by atoms with Crippen LogP contribution in [0.15, 0.2) is 72.8 Å². The molecule has 66 heavy (non-hydrogen) atoms. The molecule has 6 aromatic carbocycles. The fraction of sp³-hybridized carbons (Fsp3) is 0.333. The smallest absolute Gasteiger partial charge is 0.126 e. The monoisotopic (exact) mass is 900 g/mol. The maximum atomic E-state index is 6.28. The van der Waals surface area contributed by atoms with Crippen molar-refractivity contribution in [2.45, 2.75) is 38.5 Å². The third-order valence-electron chi connectivity index (χ3n) is 12.2. The van der Waals surface area contributed by atoms with Gasteiger partial charge >= 0.3 is 0 Å². The fourth-order valence-corrected chi connectivity index (χ4v) is 9.42. The third kappa shape index (κ3) is 9.49. The Morgan fingerprint density at radius 3 is 0.364 bits per heavy atom. The van der Waals surface area contributed by atoms with E-state index in [1.165, 1.54) is 0 Å². The van der Waals surface area contributed by atoms with E-state index in [1.54, 1.807) is 85.3 Å². The number of ether oxygens (including phenoxy) is 12. The lowest BCUT2D eigenvalue weighted by Gasteiger charge is -2.22. The van der Waals surface area contributed by atoms with Crippen LogP contribution in [-0.4, -0.2) is 85.3 Å². The third-order valence-corrected chi connectivity index (χ3v) is 12.2. The Balaban J connectivity index is 1.54. The molecule has 1 aliphatic carbocycles. The van der Waals surface area contributed by atoms with Crippen molar-refractivity contribution in [1.29, 1.82) is 0 Å². The number of rotatable bonds is 12. The summed E-state index contributed by atoms with van der Waals surface area (Å²) in [4.78, 5) is 0. The van der Waals surface area contributed by atoms with Gasteiger partial charge in [0.05, 0.1) is 85.3 Å². The Morgan fingerprint density at radius 1 is 0.182 bits per heavy atom. The van der Waals surface area contributed by atoms with Gasteiger partial charge in [-0.3, -0.25) is 0 Å². The van der Waals surface area contributed by atoms with Gasteiger partial charge in [0.25, 0.3) is 0 Å². The van der Waals surface area contributed by atoms with E-state index in [0.717, 1.165) is 66.8 Å². The van der Waals surface area contributed by atoms with Crippen LogP contribution in [0.2, 0.25) is 0 Å². The Kier molecular flexibility index (Phi) is 14.8. The van der Waals surface area contributed by atoms with Crippen molar-refractivity contribution in [2.75, 3.05) is 85.3 Å². The van der Waals surface area contributed by atoms with E-state index >= 15 is 0 Å². The van der Waals surface area contributed by atoms with Crippen molar-refractivity contribution in [1.82, 2.24) is 0 Å². The molecule has 12 bridgehead atoms. The first-order valence-electron chi connectivity index (χ1n) is 21.5. The minimum atomic E-state index is 0.428. The van der Waals surface area contributed by atoms with Gasteiger partial charge in [-0.1, -0.05) is 0 Å². The lowest BCUT2D eigenvalue weighted by molar-refractivity contribution is 0.385. The van der Waals surface area contributed by atoms with Crippen LogP contribution >= 0.6 is 0 Å². The minimum Gasteiger partial charge on any atom is -0.497 e. The average Bonchev–Trinajstić information content (AvgIpc) is 3.33. The molecule has 0 heterocycles. The molecule has 0 saturated carbocycles. The normalized spacial score (nSPS) is 12.2. The van der Waals surface area contributed by atoms with E-state index in [9.17, 15) is 0 Å². The van der Waals surface area contributed by atoms with Gasteiger partial charge in [0, 0.05) is 105 Å². The molecule has 0 aliphatic heterocycles. The van der Waals surface area contributed by atoms with E-state index < -0.39 is 0 Å². The van der Waals surface area contributed by atoms with Crippen LogP contribution in [0.4, 0.5) is 0 Å². The maximum Gasteiger partial charge on any atom is 0.126 e. The molecular formula is C54H60O12. The van der Waals surface area contributed by atoms with Crippen LogP contribution in [0.5, 0.6) is 69.0 Å². The van der Waals surface area contributed by atoms with Crippen molar-refractivity contribution >= 4 is 0 Å². The molecule has 6 aromatic rings. The number of methoxy groups -OCH3 is 12. The first-order valence-corrected chi connectivity index (χ1v) is 21.5. The summed E-state index contributed by atoms with van der Waals surface area (Å²) in [6.07, 6.45) is 2.57. The van der Waals surface area contributed by atoms with Crippen molar-refractivity contribution < 1.29 is 56.8 Å². The summed E-state index contributed by atoms with van der Waals surface area (Å²) < 4.78 is 73.3. The molecule has 12 nitrogen and oxygen atoms in total. The molecule has 0 atom stereocenters. The summed E-state index contributed by atoms with van der Waals surface area (Å²) in [5.41, 5.74) is 10.7. The Hall–Kier alpha value is -7.08. The molecule has 1 aliphatic rings. The molecule has 0 fully saturated rings. The molecule has 348 valence electrons. The summed E-state index contributed by atoms with van der Waals surface area (Å²) in [5, 5.41) is 0. The molecule has 0 spiro atoms. The van der Waals surface area contributed by atoms with Gasteiger partial charge in [-0.05, 0) is 72.8 Å². The Bertz CT molecular complexity index is 2090. The Labute approximate surface area is 388 Å². The van der Waals surface area contributed by atoms with E-state index in [4.69, 9.17) is 56.8 Å². The van der Waals surface area contributed by atoms with Crippen LogP contribution in [-0.2, 0) is 38.5 Å². The average molecular weight is 901 g/mol. The number of hydrogen-bond acceptors (Lipinski definition) is 12. The lowest BCUT2D eigenvalue weighted by Crippen LogP contribution is -2.08. The summed E-state index contributed by atoms with van der Waals surface area (Å²) in [6.45, 7) is 0. The van der Waals surface area contributed by atoms with E-state index in [1.807, 2.05) is 72.8 Å². The zero-order valence-corrected chi connectivity index (χ0v) is 40.1. The van der Waals surface area contributed by atoms with Gasteiger partial charge < -0.3 is 56.8 Å². The first kappa shape index (κ1) is 46.9.